The van der Waals surface area contributed by atoms with Crippen LogP contribution in [0.3, 0.4) is 0 Å². The molecule has 2 saturated heterocycles. The minimum atomic E-state index is -0.378. The van der Waals surface area contributed by atoms with Crippen molar-refractivity contribution in [3.05, 3.63) is 36.0 Å². The van der Waals surface area contributed by atoms with Crippen LogP contribution in [0, 0.1) is 6.92 Å². The van der Waals surface area contributed by atoms with Crippen molar-refractivity contribution in [2.45, 2.75) is 32.5 Å². The van der Waals surface area contributed by atoms with Gasteiger partial charge in [0.1, 0.15) is 0 Å². The van der Waals surface area contributed by atoms with Crippen LogP contribution in [0.1, 0.15) is 25.3 Å². The zero-order chi connectivity index (χ0) is 18.0. The Morgan fingerprint density at radius 2 is 1.96 bits per heavy atom. The highest BCUT2D eigenvalue weighted by molar-refractivity contribution is 5.59. The van der Waals surface area contributed by atoms with Crippen LogP contribution < -0.4 is 9.80 Å². The Morgan fingerprint density at radius 1 is 1.19 bits per heavy atom. The molecule has 0 aliphatic carbocycles. The van der Waals surface area contributed by atoms with Gasteiger partial charge in [-0.2, -0.15) is 10.1 Å². The first-order valence-electron chi connectivity index (χ1n) is 9.26. The normalized spacial score (nSPS) is 19.1. The summed E-state index contributed by atoms with van der Waals surface area (Å²) >= 11 is 0. The standard InChI is InChI=1S/C19H25N5O2/c1-3-24(16-6-4-5-15(2)13-16)18-21-17(14-20-22-18)23-9-7-19(8-10-23)25-11-12-26-19/h4-6,13-14H,3,7-12H2,1-2H3. The molecule has 4 rings (SSSR count). The Balaban J connectivity index is 1.53. The molecule has 2 aliphatic rings. The molecule has 2 aliphatic heterocycles. The molecule has 0 saturated carbocycles. The van der Waals surface area contributed by atoms with Crippen LogP contribution in [-0.2, 0) is 9.47 Å². The Morgan fingerprint density at radius 3 is 2.65 bits per heavy atom. The number of aromatic nitrogens is 3. The fourth-order valence-corrected chi connectivity index (χ4v) is 3.65. The maximum atomic E-state index is 5.81. The van der Waals surface area contributed by atoms with Gasteiger partial charge in [0.05, 0.1) is 19.4 Å². The minimum absolute atomic E-state index is 0.378. The molecular weight excluding hydrogens is 330 g/mol. The molecule has 0 bridgehead atoms. The van der Waals surface area contributed by atoms with Crippen LogP contribution in [0.15, 0.2) is 30.5 Å². The summed E-state index contributed by atoms with van der Waals surface area (Å²) in [7, 11) is 0. The predicted octanol–water partition coefficient (Wildman–Crippen LogP) is 2.68. The van der Waals surface area contributed by atoms with E-state index in [0.29, 0.717) is 19.2 Å². The molecule has 138 valence electrons. The molecule has 0 radical (unpaired) electrons. The first-order valence-corrected chi connectivity index (χ1v) is 9.26. The van der Waals surface area contributed by atoms with E-state index in [1.54, 1.807) is 6.20 Å². The van der Waals surface area contributed by atoms with Crippen molar-refractivity contribution in [1.29, 1.82) is 0 Å². The molecule has 1 spiro atoms. The molecule has 2 fully saturated rings. The lowest BCUT2D eigenvalue weighted by Gasteiger charge is -2.38. The fourth-order valence-electron chi connectivity index (χ4n) is 3.65. The first-order chi connectivity index (χ1) is 12.7. The van der Waals surface area contributed by atoms with Crippen LogP contribution in [0.5, 0.6) is 0 Å². The molecule has 0 unspecified atom stereocenters. The van der Waals surface area contributed by atoms with Crippen LogP contribution in [0.2, 0.25) is 0 Å². The number of hydrogen-bond donors (Lipinski definition) is 0. The van der Waals surface area contributed by atoms with Gasteiger partial charge in [0, 0.05) is 38.2 Å². The Labute approximate surface area is 154 Å². The number of ether oxygens (including phenoxy) is 2. The van der Waals surface area contributed by atoms with E-state index in [1.165, 1.54) is 5.56 Å². The fraction of sp³-hybridized carbons (Fsp3) is 0.526. The molecule has 1 aromatic heterocycles. The lowest BCUT2D eigenvalue weighted by atomic mass is 10.0. The number of aryl methyl sites for hydroxylation is 1. The van der Waals surface area contributed by atoms with E-state index >= 15 is 0 Å². The molecule has 7 nitrogen and oxygen atoms in total. The third-order valence-electron chi connectivity index (χ3n) is 5.07. The van der Waals surface area contributed by atoms with E-state index < -0.39 is 0 Å². The topological polar surface area (TPSA) is 63.6 Å². The van der Waals surface area contributed by atoms with E-state index in [9.17, 15) is 0 Å². The van der Waals surface area contributed by atoms with E-state index in [1.807, 2.05) is 0 Å². The average Bonchev–Trinajstić information content (AvgIpc) is 3.11. The number of nitrogens with zero attached hydrogens (tertiary/aromatic N) is 5. The summed E-state index contributed by atoms with van der Waals surface area (Å²) in [5, 5.41) is 8.48. The number of piperidine rings is 1. The molecule has 0 amide bonds. The van der Waals surface area contributed by atoms with Gasteiger partial charge in [-0.15, -0.1) is 5.10 Å². The smallest absolute Gasteiger partial charge is 0.251 e. The van der Waals surface area contributed by atoms with E-state index in [0.717, 1.165) is 44.0 Å². The van der Waals surface area contributed by atoms with Crippen molar-refractivity contribution in [3.8, 4) is 0 Å². The van der Waals surface area contributed by atoms with Gasteiger partial charge >= 0.3 is 0 Å². The maximum absolute atomic E-state index is 5.81. The SMILES string of the molecule is CCN(c1cccc(C)c1)c1nncc(N2CCC3(CC2)OCCO3)n1. The quantitative estimate of drug-likeness (QED) is 0.835. The minimum Gasteiger partial charge on any atom is -0.355 e. The Hall–Kier alpha value is -2.25. The molecule has 26 heavy (non-hydrogen) atoms. The summed E-state index contributed by atoms with van der Waals surface area (Å²) in [6.07, 6.45) is 3.44. The average molecular weight is 355 g/mol. The van der Waals surface area contributed by atoms with E-state index in [4.69, 9.17) is 14.5 Å². The summed E-state index contributed by atoms with van der Waals surface area (Å²) in [6.45, 7) is 8.03. The van der Waals surface area contributed by atoms with Crippen molar-refractivity contribution >= 4 is 17.5 Å². The summed E-state index contributed by atoms with van der Waals surface area (Å²) in [5.41, 5.74) is 2.29. The lowest BCUT2D eigenvalue weighted by Crippen LogP contribution is -2.45. The third-order valence-corrected chi connectivity index (χ3v) is 5.07. The highest BCUT2D eigenvalue weighted by Crippen LogP contribution is 2.33. The van der Waals surface area contributed by atoms with E-state index in [2.05, 4.69) is 58.1 Å². The summed E-state index contributed by atoms with van der Waals surface area (Å²) < 4.78 is 11.6. The zero-order valence-corrected chi connectivity index (χ0v) is 15.4. The van der Waals surface area contributed by atoms with Gasteiger partial charge < -0.3 is 19.3 Å². The summed E-state index contributed by atoms with van der Waals surface area (Å²) in [6, 6.07) is 8.35. The second-order valence-electron chi connectivity index (χ2n) is 6.79. The first kappa shape index (κ1) is 17.2. The van der Waals surface area contributed by atoms with Crippen molar-refractivity contribution in [2.75, 3.05) is 42.6 Å². The summed E-state index contributed by atoms with van der Waals surface area (Å²) in [5.74, 6) is 1.11. The van der Waals surface area contributed by atoms with Gasteiger partial charge in [0.25, 0.3) is 5.95 Å². The molecule has 0 atom stereocenters. The van der Waals surface area contributed by atoms with Crippen molar-refractivity contribution in [3.63, 3.8) is 0 Å². The second kappa shape index (κ2) is 7.17. The van der Waals surface area contributed by atoms with Crippen LogP contribution in [-0.4, -0.2) is 53.8 Å². The predicted molar refractivity (Wildman–Crippen MR) is 99.8 cm³/mol. The van der Waals surface area contributed by atoms with Gasteiger partial charge in [-0.1, -0.05) is 12.1 Å². The lowest BCUT2D eigenvalue weighted by molar-refractivity contribution is -0.169. The number of rotatable bonds is 4. The highest BCUT2D eigenvalue weighted by atomic mass is 16.7. The molecular formula is C19H25N5O2. The van der Waals surface area contributed by atoms with Crippen LogP contribution >= 0.6 is 0 Å². The molecule has 1 aromatic carbocycles. The molecule has 7 heteroatoms. The number of hydrogen-bond acceptors (Lipinski definition) is 7. The molecule has 2 aromatic rings. The van der Waals surface area contributed by atoms with Crippen LogP contribution in [0.25, 0.3) is 0 Å². The number of anilines is 3. The Kier molecular flexibility index (Phi) is 4.74. The maximum Gasteiger partial charge on any atom is 0.251 e. The monoisotopic (exact) mass is 355 g/mol. The van der Waals surface area contributed by atoms with Gasteiger partial charge in [-0.25, -0.2) is 0 Å². The largest absolute Gasteiger partial charge is 0.355 e. The van der Waals surface area contributed by atoms with Crippen molar-refractivity contribution < 1.29 is 9.47 Å². The molecule has 0 N–H and O–H groups in total. The van der Waals surface area contributed by atoms with Gasteiger partial charge in [0.2, 0.25) is 0 Å². The molecule has 3 heterocycles. The van der Waals surface area contributed by atoms with Gasteiger partial charge in [-0.05, 0) is 31.5 Å². The van der Waals surface area contributed by atoms with Gasteiger partial charge in [-0.3, -0.25) is 0 Å². The van der Waals surface area contributed by atoms with Crippen molar-refractivity contribution in [2.24, 2.45) is 0 Å². The van der Waals surface area contributed by atoms with Crippen molar-refractivity contribution in [1.82, 2.24) is 15.2 Å². The van der Waals surface area contributed by atoms with E-state index in [-0.39, 0.29) is 5.79 Å². The number of benzene rings is 1. The Bertz CT molecular complexity index is 753. The van der Waals surface area contributed by atoms with Gasteiger partial charge in [0.15, 0.2) is 11.6 Å². The second-order valence-corrected chi connectivity index (χ2v) is 6.79. The highest BCUT2D eigenvalue weighted by Gasteiger charge is 2.40. The summed E-state index contributed by atoms with van der Waals surface area (Å²) in [4.78, 5) is 9.10. The zero-order valence-electron chi connectivity index (χ0n) is 15.4. The third kappa shape index (κ3) is 3.37. The van der Waals surface area contributed by atoms with Crippen LogP contribution in [0.4, 0.5) is 17.5 Å².